The summed E-state index contributed by atoms with van der Waals surface area (Å²) in [5, 5.41) is 9.86. The lowest BCUT2D eigenvalue weighted by Crippen LogP contribution is -2.25. The van der Waals surface area contributed by atoms with Crippen LogP contribution in [0.1, 0.15) is 149 Å². The van der Waals surface area contributed by atoms with Gasteiger partial charge < -0.3 is 14.6 Å². The summed E-state index contributed by atoms with van der Waals surface area (Å²) < 4.78 is 10.2. The first-order valence-electron chi connectivity index (χ1n) is 14.1. The Labute approximate surface area is 204 Å². The largest absolute Gasteiger partial charge is 0.463 e. The van der Waals surface area contributed by atoms with E-state index in [9.17, 15) is 14.7 Å². The van der Waals surface area contributed by atoms with Crippen molar-refractivity contribution in [3.05, 3.63) is 0 Å². The van der Waals surface area contributed by atoms with E-state index in [2.05, 4.69) is 13.8 Å². The molecule has 0 bridgehead atoms. The fraction of sp³-hybridized carbons (Fsp3) is 0.929. The number of aliphatic hydroxyl groups is 1. The fourth-order valence-electron chi connectivity index (χ4n) is 3.91. The molecule has 0 aliphatic heterocycles. The van der Waals surface area contributed by atoms with E-state index < -0.39 is 6.10 Å². The summed E-state index contributed by atoms with van der Waals surface area (Å²) in [6, 6.07) is 0. The second kappa shape index (κ2) is 25.5. The number of carbonyl (C=O) groups is 2. The van der Waals surface area contributed by atoms with Crippen molar-refractivity contribution in [1.29, 1.82) is 0 Å². The molecular formula is C28H54O5. The van der Waals surface area contributed by atoms with E-state index >= 15 is 0 Å². The molecular weight excluding hydrogens is 416 g/mol. The first-order chi connectivity index (χ1) is 16.1. The zero-order valence-electron chi connectivity index (χ0n) is 21.9. The van der Waals surface area contributed by atoms with Gasteiger partial charge in [0.15, 0.2) is 0 Å². The standard InChI is InChI=1S/C28H54O5/c1-3-5-7-9-11-12-13-14-15-17-19-21-23-28(31)33-25-26(29)24-32-27(30)22-20-18-16-10-8-6-4-2/h26,29H,3-25H2,1-2H3/t26-/m0/s1. The normalized spacial score (nSPS) is 12.0. The van der Waals surface area contributed by atoms with Gasteiger partial charge in [0.25, 0.3) is 0 Å². The van der Waals surface area contributed by atoms with Crippen molar-refractivity contribution < 1.29 is 24.2 Å². The van der Waals surface area contributed by atoms with E-state index in [1.165, 1.54) is 89.9 Å². The predicted molar refractivity (Wildman–Crippen MR) is 136 cm³/mol. The van der Waals surface area contributed by atoms with Crippen LogP contribution < -0.4 is 0 Å². The molecule has 0 saturated carbocycles. The van der Waals surface area contributed by atoms with Gasteiger partial charge >= 0.3 is 11.9 Å². The molecule has 0 unspecified atom stereocenters. The number of aliphatic hydroxyl groups excluding tert-OH is 1. The Kier molecular flexibility index (Phi) is 24.7. The van der Waals surface area contributed by atoms with Crippen LogP contribution in [0.3, 0.4) is 0 Å². The van der Waals surface area contributed by atoms with Gasteiger partial charge in [0.2, 0.25) is 0 Å². The summed E-state index contributed by atoms with van der Waals surface area (Å²) >= 11 is 0. The molecule has 0 radical (unpaired) electrons. The van der Waals surface area contributed by atoms with Crippen molar-refractivity contribution in [2.45, 2.75) is 155 Å². The van der Waals surface area contributed by atoms with E-state index in [1.54, 1.807) is 0 Å². The first-order valence-corrected chi connectivity index (χ1v) is 14.1. The van der Waals surface area contributed by atoms with Crippen LogP contribution in [0.25, 0.3) is 0 Å². The molecule has 0 rings (SSSR count). The summed E-state index contributed by atoms with van der Waals surface area (Å²) in [5.74, 6) is -0.569. The molecule has 196 valence electrons. The van der Waals surface area contributed by atoms with Crippen LogP contribution in [0.4, 0.5) is 0 Å². The molecule has 0 aromatic heterocycles. The minimum atomic E-state index is -0.950. The number of hydrogen-bond donors (Lipinski definition) is 1. The quantitative estimate of drug-likeness (QED) is 0.109. The van der Waals surface area contributed by atoms with E-state index in [0.717, 1.165) is 32.1 Å². The highest BCUT2D eigenvalue weighted by molar-refractivity contribution is 5.69. The molecule has 0 amide bonds. The number of rotatable bonds is 25. The van der Waals surface area contributed by atoms with Gasteiger partial charge in [0.05, 0.1) is 0 Å². The fourth-order valence-corrected chi connectivity index (χ4v) is 3.91. The Morgan fingerprint density at radius 2 is 0.788 bits per heavy atom. The Balaban J connectivity index is 3.42. The van der Waals surface area contributed by atoms with Crippen LogP contribution in [0.15, 0.2) is 0 Å². The first kappa shape index (κ1) is 31.9. The number of ether oxygens (including phenoxy) is 2. The molecule has 5 heteroatoms. The molecule has 1 atom stereocenters. The number of carbonyl (C=O) groups excluding carboxylic acids is 2. The average Bonchev–Trinajstić information content (AvgIpc) is 2.81. The van der Waals surface area contributed by atoms with Crippen molar-refractivity contribution in [3.63, 3.8) is 0 Å². The van der Waals surface area contributed by atoms with Crippen LogP contribution in [-0.2, 0) is 19.1 Å². The second-order valence-electron chi connectivity index (χ2n) is 9.53. The van der Waals surface area contributed by atoms with Crippen LogP contribution >= 0.6 is 0 Å². The third kappa shape index (κ3) is 25.4. The van der Waals surface area contributed by atoms with E-state index in [-0.39, 0.29) is 25.2 Å². The van der Waals surface area contributed by atoms with Crippen molar-refractivity contribution >= 4 is 11.9 Å². The van der Waals surface area contributed by atoms with Crippen molar-refractivity contribution in [1.82, 2.24) is 0 Å². The summed E-state index contributed by atoms with van der Waals surface area (Å²) in [6.45, 7) is 4.23. The van der Waals surface area contributed by atoms with Gasteiger partial charge in [-0.1, -0.05) is 123 Å². The number of unbranched alkanes of at least 4 members (excludes halogenated alkanes) is 17. The zero-order valence-corrected chi connectivity index (χ0v) is 21.9. The molecule has 1 N–H and O–H groups in total. The molecule has 0 saturated heterocycles. The van der Waals surface area contributed by atoms with Crippen molar-refractivity contribution in [2.75, 3.05) is 13.2 Å². The highest BCUT2D eigenvalue weighted by Gasteiger charge is 2.12. The zero-order chi connectivity index (χ0) is 24.4. The van der Waals surface area contributed by atoms with Crippen LogP contribution in [0.5, 0.6) is 0 Å². The number of hydrogen-bond acceptors (Lipinski definition) is 5. The van der Waals surface area contributed by atoms with E-state index in [1.807, 2.05) is 0 Å². The highest BCUT2D eigenvalue weighted by atomic mass is 16.6. The average molecular weight is 471 g/mol. The maximum Gasteiger partial charge on any atom is 0.305 e. The minimum Gasteiger partial charge on any atom is -0.463 e. The lowest BCUT2D eigenvalue weighted by atomic mass is 10.0. The van der Waals surface area contributed by atoms with Gasteiger partial charge in [-0.25, -0.2) is 0 Å². The maximum atomic E-state index is 11.8. The van der Waals surface area contributed by atoms with Gasteiger partial charge in [0, 0.05) is 12.8 Å². The molecule has 0 heterocycles. The Bertz CT molecular complexity index is 438. The molecule has 0 fully saturated rings. The second-order valence-corrected chi connectivity index (χ2v) is 9.53. The molecule has 0 aliphatic carbocycles. The van der Waals surface area contributed by atoms with Crippen molar-refractivity contribution in [3.8, 4) is 0 Å². The summed E-state index contributed by atoms with van der Waals surface area (Å²) in [4.78, 5) is 23.5. The van der Waals surface area contributed by atoms with E-state index in [4.69, 9.17) is 9.47 Å². The van der Waals surface area contributed by atoms with Gasteiger partial charge in [0.1, 0.15) is 19.3 Å². The Hall–Kier alpha value is -1.10. The SMILES string of the molecule is CCCCCCCCCCCCCCC(=O)OC[C@@H](O)COC(=O)CCCCCCCCC. The predicted octanol–water partition coefficient (Wildman–Crippen LogP) is 7.67. The van der Waals surface area contributed by atoms with Gasteiger partial charge in [-0.15, -0.1) is 0 Å². The highest BCUT2D eigenvalue weighted by Crippen LogP contribution is 2.13. The van der Waals surface area contributed by atoms with Gasteiger partial charge in [-0.2, -0.15) is 0 Å². The topological polar surface area (TPSA) is 72.8 Å². The monoisotopic (exact) mass is 470 g/mol. The molecule has 0 spiro atoms. The lowest BCUT2D eigenvalue weighted by Gasteiger charge is -2.12. The molecule has 0 aromatic carbocycles. The Morgan fingerprint density at radius 1 is 0.515 bits per heavy atom. The van der Waals surface area contributed by atoms with Crippen LogP contribution in [-0.4, -0.2) is 36.4 Å². The number of esters is 2. The van der Waals surface area contributed by atoms with Crippen LogP contribution in [0, 0.1) is 0 Å². The Morgan fingerprint density at radius 3 is 1.09 bits per heavy atom. The molecule has 33 heavy (non-hydrogen) atoms. The molecule has 0 aromatic rings. The lowest BCUT2D eigenvalue weighted by molar-refractivity contribution is -0.152. The maximum absolute atomic E-state index is 11.8. The summed E-state index contributed by atoms with van der Waals surface area (Å²) in [7, 11) is 0. The summed E-state index contributed by atoms with van der Waals surface area (Å²) in [6.07, 6.45) is 23.0. The third-order valence-corrected chi connectivity index (χ3v) is 6.09. The third-order valence-electron chi connectivity index (χ3n) is 6.09. The summed E-state index contributed by atoms with van der Waals surface area (Å²) in [5.41, 5.74) is 0. The van der Waals surface area contributed by atoms with Crippen LogP contribution in [0.2, 0.25) is 0 Å². The molecule has 5 nitrogen and oxygen atoms in total. The van der Waals surface area contributed by atoms with Crippen molar-refractivity contribution in [2.24, 2.45) is 0 Å². The van der Waals surface area contributed by atoms with Gasteiger partial charge in [-0.3, -0.25) is 9.59 Å². The van der Waals surface area contributed by atoms with E-state index in [0.29, 0.717) is 12.8 Å². The molecule has 0 aliphatic rings. The van der Waals surface area contributed by atoms with Gasteiger partial charge in [-0.05, 0) is 12.8 Å². The minimum absolute atomic E-state index is 0.109. The smallest absolute Gasteiger partial charge is 0.305 e.